The minimum absolute atomic E-state index is 0.127. The van der Waals surface area contributed by atoms with Crippen molar-refractivity contribution in [2.45, 2.75) is 19.9 Å². The molecule has 1 atom stereocenters. The van der Waals surface area contributed by atoms with Crippen molar-refractivity contribution in [3.05, 3.63) is 22.4 Å². The van der Waals surface area contributed by atoms with E-state index in [-0.39, 0.29) is 6.04 Å². The lowest BCUT2D eigenvalue weighted by atomic mass is 10.0. The zero-order valence-corrected chi connectivity index (χ0v) is 11.3. The van der Waals surface area contributed by atoms with E-state index in [0.29, 0.717) is 5.71 Å². The van der Waals surface area contributed by atoms with E-state index in [0.717, 1.165) is 4.88 Å². The van der Waals surface area contributed by atoms with Crippen LogP contribution in [0.3, 0.4) is 0 Å². The van der Waals surface area contributed by atoms with Crippen LogP contribution in [0, 0.1) is 5.92 Å². The third-order valence-corrected chi connectivity index (χ3v) is 3.81. The predicted octanol–water partition coefficient (Wildman–Crippen LogP) is 1.25. The predicted molar refractivity (Wildman–Crippen MR) is 71.0 cm³/mol. The third-order valence-electron chi connectivity index (χ3n) is 2.77. The second-order valence-electron chi connectivity index (χ2n) is 4.20. The topological polar surface area (TPSA) is 87.6 Å². The smallest absolute Gasteiger partial charge is 0.284 e. The first kappa shape index (κ1) is 13.4. The van der Waals surface area contributed by atoms with Gasteiger partial charge in [0.25, 0.3) is 0 Å². The summed E-state index contributed by atoms with van der Waals surface area (Å²) < 4.78 is 0. The molecule has 1 saturated heterocycles. The van der Waals surface area contributed by atoms with Gasteiger partial charge in [0.1, 0.15) is 0 Å². The lowest BCUT2D eigenvalue weighted by Gasteiger charge is -2.21. The molecule has 1 fully saturated rings. The minimum Gasteiger partial charge on any atom is -0.284 e. The van der Waals surface area contributed by atoms with Gasteiger partial charge >= 0.3 is 6.03 Å². The Labute approximate surface area is 113 Å². The normalized spacial score (nSPS) is 19.1. The summed E-state index contributed by atoms with van der Waals surface area (Å²) in [5.74, 6) is -2.30. The second-order valence-corrected chi connectivity index (χ2v) is 5.18. The van der Waals surface area contributed by atoms with Gasteiger partial charge < -0.3 is 0 Å². The molecule has 1 aromatic heterocycles. The van der Waals surface area contributed by atoms with Crippen LogP contribution in [0.25, 0.3) is 0 Å². The average Bonchev–Trinajstić information content (AvgIpc) is 2.80. The average molecular weight is 279 g/mol. The van der Waals surface area contributed by atoms with E-state index in [1.807, 2.05) is 24.4 Å². The number of urea groups is 1. The molecule has 0 saturated carbocycles. The van der Waals surface area contributed by atoms with E-state index in [2.05, 4.69) is 15.6 Å². The van der Waals surface area contributed by atoms with Gasteiger partial charge in [-0.25, -0.2) is 4.79 Å². The maximum Gasteiger partial charge on any atom is 0.328 e. The van der Waals surface area contributed by atoms with Crippen LogP contribution in [0.5, 0.6) is 0 Å². The molecular weight excluding hydrogens is 266 g/mol. The van der Waals surface area contributed by atoms with Crippen LogP contribution in [0.2, 0.25) is 0 Å². The number of nitrogens with zero attached hydrogens (tertiary/aromatic N) is 1. The van der Waals surface area contributed by atoms with Crippen LogP contribution < -0.4 is 10.6 Å². The lowest BCUT2D eigenvalue weighted by molar-refractivity contribution is -0.132. The molecule has 100 valence electrons. The molecule has 7 heteroatoms. The molecule has 4 amide bonds. The van der Waals surface area contributed by atoms with Gasteiger partial charge in [0, 0.05) is 10.6 Å². The van der Waals surface area contributed by atoms with E-state index in [1.165, 1.54) is 0 Å². The van der Waals surface area contributed by atoms with Gasteiger partial charge in [0.05, 0.1) is 6.04 Å². The quantitative estimate of drug-likeness (QED) is 0.645. The number of thiophene rings is 1. The monoisotopic (exact) mass is 279 g/mol. The van der Waals surface area contributed by atoms with Crippen LogP contribution in [0.15, 0.2) is 22.5 Å². The fraction of sp³-hybridized carbons (Fsp3) is 0.333. The van der Waals surface area contributed by atoms with Crippen molar-refractivity contribution < 1.29 is 14.4 Å². The molecule has 0 unspecified atom stereocenters. The lowest BCUT2D eigenvalue weighted by Crippen LogP contribution is -2.57. The summed E-state index contributed by atoms with van der Waals surface area (Å²) in [6.45, 7) is 3.50. The summed E-state index contributed by atoms with van der Waals surface area (Å²) in [7, 11) is 0. The Balaban J connectivity index is 2.18. The Hall–Kier alpha value is -2.02. The third kappa shape index (κ3) is 2.87. The molecular formula is C12H13N3O3S. The van der Waals surface area contributed by atoms with Gasteiger partial charge in [0.15, 0.2) is 5.92 Å². The first-order chi connectivity index (χ1) is 8.99. The Bertz CT molecular complexity index is 531. The molecule has 2 N–H and O–H groups in total. The maximum absolute atomic E-state index is 11.7. The molecule has 0 aromatic carbocycles. The second kappa shape index (κ2) is 5.31. The van der Waals surface area contributed by atoms with Crippen molar-refractivity contribution in [3.8, 4) is 0 Å². The van der Waals surface area contributed by atoms with Crippen LogP contribution in [-0.4, -0.2) is 23.6 Å². The van der Waals surface area contributed by atoms with Gasteiger partial charge in [-0.2, -0.15) is 0 Å². The summed E-state index contributed by atoms with van der Waals surface area (Å²) in [6, 6.07) is 2.94. The van der Waals surface area contributed by atoms with Gasteiger partial charge in [-0.15, -0.1) is 11.3 Å². The number of hydrogen-bond acceptors (Lipinski definition) is 5. The largest absolute Gasteiger partial charge is 0.328 e. The van der Waals surface area contributed by atoms with Crippen LogP contribution in [-0.2, 0) is 9.59 Å². The maximum atomic E-state index is 11.7. The number of nitrogens with one attached hydrogen (secondary N) is 2. The van der Waals surface area contributed by atoms with Crippen molar-refractivity contribution in [1.82, 2.24) is 10.6 Å². The Morgan fingerprint density at radius 3 is 2.47 bits per heavy atom. The number of hydrogen-bond donors (Lipinski definition) is 2. The SMILES string of the molecule is CC(=N[C@H](C)c1cccs1)C1C(=O)NC(=O)NC1=O. The van der Waals surface area contributed by atoms with Gasteiger partial charge in [-0.1, -0.05) is 6.07 Å². The summed E-state index contributed by atoms with van der Waals surface area (Å²) >= 11 is 1.56. The molecule has 1 aliphatic heterocycles. The molecule has 19 heavy (non-hydrogen) atoms. The van der Waals surface area contributed by atoms with E-state index < -0.39 is 23.8 Å². The number of rotatable bonds is 3. The standard InChI is InChI=1S/C12H13N3O3S/c1-6(8-4-3-5-19-8)13-7(2)9-10(16)14-12(18)15-11(9)17/h3-6,9H,1-2H3,(H2,14,15,16,17,18)/t6-/m1/s1. The first-order valence-electron chi connectivity index (χ1n) is 5.72. The Kier molecular flexibility index (Phi) is 3.75. The van der Waals surface area contributed by atoms with Gasteiger partial charge in [-0.3, -0.25) is 25.2 Å². The fourth-order valence-electron chi connectivity index (χ4n) is 1.87. The number of carbonyl (C=O) groups is 3. The summed E-state index contributed by atoms with van der Waals surface area (Å²) in [4.78, 5) is 39.7. The van der Waals surface area contributed by atoms with Crippen molar-refractivity contribution in [1.29, 1.82) is 0 Å². The van der Waals surface area contributed by atoms with E-state index in [1.54, 1.807) is 18.3 Å². The Morgan fingerprint density at radius 2 is 1.95 bits per heavy atom. The summed E-state index contributed by atoms with van der Waals surface area (Å²) in [6.07, 6.45) is 0. The zero-order valence-electron chi connectivity index (χ0n) is 10.5. The molecule has 6 nitrogen and oxygen atoms in total. The highest BCUT2D eigenvalue weighted by Gasteiger charge is 2.36. The first-order valence-corrected chi connectivity index (χ1v) is 6.60. The molecule has 0 bridgehead atoms. The zero-order chi connectivity index (χ0) is 14.0. The number of barbiturate groups is 1. The highest BCUT2D eigenvalue weighted by atomic mass is 32.1. The number of aliphatic imine (C=N–C) groups is 1. The molecule has 0 radical (unpaired) electrons. The van der Waals surface area contributed by atoms with Crippen LogP contribution in [0.1, 0.15) is 24.8 Å². The number of carbonyl (C=O) groups excluding carboxylic acids is 3. The summed E-state index contributed by atoms with van der Waals surface area (Å²) in [5.41, 5.74) is 0.392. The van der Waals surface area contributed by atoms with E-state index in [4.69, 9.17) is 0 Å². The molecule has 2 heterocycles. The van der Waals surface area contributed by atoms with Crippen LogP contribution in [0.4, 0.5) is 4.79 Å². The van der Waals surface area contributed by atoms with Crippen molar-refractivity contribution in [2.24, 2.45) is 10.9 Å². The summed E-state index contributed by atoms with van der Waals surface area (Å²) in [5, 5.41) is 6.06. The van der Waals surface area contributed by atoms with Crippen molar-refractivity contribution >= 4 is 34.9 Å². The molecule has 2 rings (SSSR count). The van der Waals surface area contributed by atoms with Crippen LogP contribution >= 0.6 is 11.3 Å². The highest BCUT2D eigenvalue weighted by molar-refractivity contribution is 7.10. The highest BCUT2D eigenvalue weighted by Crippen LogP contribution is 2.23. The fourth-order valence-corrected chi connectivity index (χ4v) is 2.59. The van der Waals surface area contributed by atoms with Gasteiger partial charge in [0.2, 0.25) is 11.8 Å². The van der Waals surface area contributed by atoms with Gasteiger partial charge in [-0.05, 0) is 25.3 Å². The number of imide groups is 2. The Morgan fingerprint density at radius 1 is 1.32 bits per heavy atom. The molecule has 1 aliphatic rings. The number of amides is 4. The van der Waals surface area contributed by atoms with E-state index in [9.17, 15) is 14.4 Å². The molecule has 0 aliphatic carbocycles. The van der Waals surface area contributed by atoms with Crippen molar-refractivity contribution in [3.63, 3.8) is 0 Å². The van der Waals surface area contributed by atoms with E-state index >= 15 is 0 Å². The molecule has 0 spiro atoms. The van der Waals surface area contributed by atoms with Crippen molar-refractivity contribution in [2.75, 3.05) is 0 Å². The molecule has 1 aromatic rings. The minimum atomic E-state index is -1.04.